The fourth-order valence-corrected chi connectivity index (χ4v) is 4.19. The molecule has 0 spiro atoms. The highest BCUT2D eigenvalue weighted by molar-refractivity contribution is 5.32. The number of likely N-dealkylation sites (N-methyl/N-ethyl adjacent to an activating group) is 1. The summed E-state index contributed by atoms with van der Waals surface area (Å²) in [7, 11) is 6.10. The normalized spacial score (nSPS) is 20.9. The van der Waals surface area contributed by atoms with E-state index >= 15 is 0 Å². The van der Waals surface area contributed by atoms with E-state index < -0.39 is 0 Å². The van der Waals surface area contributed by atoms with E-state index in [9.17, 15) is 0 Å². The molecule has 1 aromatic carbocycles. The first-order valence-corrected chi connectivity index (χ1v) is 9.50. The molecule has 1 aliphatic heterocycles. The summed E-state index contributed by atoms with van der Waals surface area (Å²) in [6.07, 6.45) is 0. The van der Waals surface area contributed by atoms with Crippen molar-refractivity contribution in [1.29, 1.82) is 0 Å². The van der Waals surface area contributed by atoms with E-state index in [0.717, 1.165) is 31.9 Å². The summed E-state index contributed by atoms with van der Waals surface area (Å²) < 4.78 is 7.43. The number of hydrogen-bond donors (Lipinski definition) is 0. The molecule has 26 heavy (non-hydrogen) atoms. The van der Waals surface area contributed by atoms with Crippen molar-refractivity contribution in [3.63, 3.8) is 0 Å². The van der Waals surface area contributed by atoms with E-state index in [2.05, 4.69) is 78.7 Å². The molecule has 0 saturated carbocycles. The van der Waals surface area contributed by atoms with E-state index in [-0.39, 0.29) is 0 Å². The van der Waals surface area contributed by atoms with Crippen LogP contribution in [0, 0.1) is 13.8 Å². The first-order chi connectivity index (χ1) is 12.4. The molecule has 0 unspecified atom stereocenters. The van der Waals surface area contributed by atoms with Crippen LogP contribution in [0.1, 0.15) is 35.4 Å². The number of methoxy groups -OCH3 is 1. The lowest BCUT2D eigenvalue weighted by atomic mass is 9.93. The molecule has 2 aromatic rings. The lowest BCUT2D eigenvalue weighted by molar-refractivity contribution is 0.259. The SMILES string of the molecule is CCn1nc(C)c(CN2C[C@@H](N(C)C)[C@H](c3ccc(OC)cc3)C2)c1C. The third-order valence-corrected chi connectivity index (χ3v) is 5.78. The number of rotatable bonds is 6. The van der Waals surface area contributed by atoms with Gasteiger partial charge in [-0.3, -0.25) is 9.58 Å². The Bertz CT molecular complexity index is 735. The highest BCUT2D eigenvalue weighted by atomic mass is 16.5. The molecule has 3 rings (SSSR count). The van der Waals surface area contributed by atoms with Crippen LogP contribution in [-0.4, -0.2) is 59.9 Å². The fraction of sp³-hybridized carbons (Fsp3) is 0.571. The third kappa shape index (κ3) is 3.64. The van der Waals surface area contributed by atoms with Gasteiger partial charge < -0.3 is 9.64 Å². The van der Waals surface area contributed by atoms with E-state index in [1.165, 1.54) is 22.5 Å². The number of hydrogen-bond acceptors (Lipinski definition) is 4. The lowest BCUT2D eigenvalue weighted by Gasteiger charge is -2.25. The van der Waals surface area contributed by atoms with Crippen LogP contribution in [0.3, 0.4) is 0 Å². The topological polar surface area (TPSA) is 33.5 Å². The van der Waals surface area contributed by atoms with Crippen LogP contribution in [0.25, 0.3) is 0 Å². The maximum atomic E-state index is 5.32. The van der Waals surface area contributed by atoms with Gasteiger partial charge in [0.25, 0.3) is 0 Å². The quantitative estimate of drug-likeness (QED) is 0.797. The second-order valence-corrected chi connectivity index (χ2v) is 7.57. The zero-order valence-electron chi connectivity index (χ0n) is 17.0. The Hall–Kier alpha value is -1.85. The molecule has 142 valence electrons. The second-order valence-electron chi connectivity index (χ2n) is 7.57. The summed E-state index contributed by atoms with van der Waals surface area (Å²) in [6, 6.07) is 9.10. The largest absolute Gasteiger partial charge is 0.497 e. The van der Waals surface area contributed by atoms with Gasteiger partial charge in [0, 0.05) is 49.4 Å². The fourth-order valence-electron chi connectivity index (χ4n) is 4.19. The van der Waals surface area contributed by atoms with Crippen LogP contribution < -0.4 is 4.74 Å². The van der Waals surface area contributed by atoms with Gasteiger partial charge in [0.15, 0.2) is 0 Å². The summed E-state index contributed by atoms with van der Waals surface area (Å²) in [5.41, 5.74) is 5.25. The average Bonchev–Trinajstić information content (AvgIpc) is 3.18. The van der Waals surface area contributed by atoms with E-state index in [1.807, 2.05) is 0 Å². The van der Waals surface area contributed by atoms with Gasteiger partial charge in [-0.2, -0.15) is 5.10 Å². The van der Waals surface area contributed by atoms with Gasteiger partial charge in [0.05, 0.1) is 12.8 Å². The Labute approximate surface area is 157 Å². The minimum Gasteiger partial charge on any atom is -0.497 e. The average molecular weight is 357 g/mol. The van der Waals surface area contributed by atoms with Gasteiger partial charge in [-0.1, -0.05) is 12.1 Å². The zero-order chi connectivity index (χ0) is 18.8. The summed E-state index contributed by atoms with van der Waals surface area (Å²) in [4.78, 5) is 4.95. The van der Waals surface area contributed by atoms with Crippen LogP contribution in [-0.2, 0) is 13.1 Å². The first-order valence-electron chi connectivity index (χ1n) is 9.50. The summed E-state index contributed by atoms with van der Waals surface area (Å²) >= 11 is 0. The van der Waals surface area contributed by atoms with Crippen LogP contribution in [0.5, 0.6) is 5.75 Å². The minimum atomic E-state index is 0.512. The van der Waals surface area contributed by atoms with Crippen LogP contribution in [0.2, 0.25) is 0 Å². The Balaban J connectivity index is 1.80. The van der Waals surface area contributed by atoms with Crippen molar-refractivity contribution in [3.8, 4) is 5.75 Å². The Morgan fingerprint density at radius 3 is 2.38 bits per heavy atom. The van der Waals surface area contributed by atoms with Crippen LogP contribution in [0.15, 0.2) is 24.3 Å². The molecule has 2 heterocycles. The van der Waals surface area contributed by atoms with Crippen LogP contribution >= 0.6 is 0 Å². The Morgan fingerprint density at radius 1 is 1.15 bits per heavy atom. The summed E-state index contributed by atoms with van der Waals surface area (Å²) in [5.74, 6) is 1.43. The highest BCUT2D eigenvalue weighted by Gasteiger charge is 2.35. The molecule has 5 heteroatoms. The molecule has 0 bridgehead atoms. The predicted octanol–water partition coefficient (Wildman–Crippen LogP) is 3.06. The second kappa shape index (κ2) is 7.80. The molecule has 1 fully saturated rings. The lowest BCUT2D eigenvalue weighted by Crippen LogP contribution is -2.34. The highest BCUT2D eigenvalue weighted by Crippen LogP contribution is 2.32. The van der Waals surface area contributed by atoms with Crippen molar-refractivity contribution < 1.29 is 4.74 Å². The molecule has 5 nitrogen and oxygen atoms in total. The van der Waals surface area contributed by atoms with Gasteiger partial charge >= 0.3 is 0 Å². The summed E-state index contributed by atoms with van der Waals surface area (Å²) in [5, 5.41) is 4.69. The maximum Gasteiger partial charge on any atom is 0.118 e. The minimum absolute atomic E-state index is 0.512. The van der Waals surface area contributed by atoms with Crippen molar-refractivity contribution >= 4 is 0 Å². The maximum absolute atomic E-state index is 5.32. The standard InChI is InChI=1S/C21H32N4O/c1-7-25-16(3)19(15(2)22-25)12-24-13-20(21(14-24)23(4)5)17-8-10-18(26-6)11-9-17/h8-11,20-21H,7,12-14H2,1-6H3/t20-,21+/m0/s1. The van der Waals surface area contributed by atoms with Crippen LogP contribution in [0.4, 0.5) is 0 Å². The Kier molecular flexibility index (Phi) is 5.68. The first kappa shape index (κ1) is 18.9. The molecule has 0 radical (unpaired) electrons. The molecule has 1 aliphatic rings. The van der Waals surface area contributed by atoms with Gasteiger partial charge in [0.1, 0.15) is 5.75 Å². The number of benzene rings is 1. The number of likely N-dealkylation sites (tertiary alicyclic amines) is 1. The van der Waals surface area contributed by atoms with Crippen molar-refractivity contribution in [2.75, 3.05) is 34.3 Å². The third-order valence-electron chi connectivity index (χ3n) is 5.78. The van der Waals surface area contributed by atoms with Crippen molar-refractivity contribution in [3.05, 3.63) is 46.8 Å². The molecular formula is C21H32N4O. The smallest absolute Gasteiger partial charge is 0.118 e. The molecule has 1 aromatic heterocycles. The van der Waals surface area contributed by atoms with Crippen molar-refractivity contribution in [2.24, 2.45) is 0 Å². The van der Waals surface area contributed by atoms with Gasteiger partial charge in [0.2, 0.25) is 0 Å². The molecular weight excluding hydrogens is 324 g/mol. The number of nitrogens with zero attached hydrogens (tertiary/aromatic N) is 4. The van der Waals surface area contributed by atoms with E-state index in [1.54, 1.807) is 7.11 Å². The zero-order valence-corrected chi connectivity index (χ0v) is 17.0. The van der Waals surface area contributed by atoms with Gasteiger partial charge in [-0.05, 0) is 52.6 Å². The van der Waals surface area contributed by atoms with E-state index in [0.29, 0.717) is 12.0 Å². The molecule has 2 atom stereocenters. The van der Waals surface area contributed by atoms with Gasteiger partial charge in [-0.15, -0.1) is 0 Å². The van der Waals surface area contributed by atoms with Crippen molar-refractivity contribution in [1.82, 2.24) is 19.6 Å². The van der Waals surface area contributed by atoms with Gasteiger partial charge in [-0.25, -0.2) is 0 Å². The van der Waals surface area contributed by atoms with E-state index in [4.69, 9.17) is 4.74 Å². The molecule has 1 saturated heterocycles. The molecule has 0 aliphatic carbocycles. The Morgan fingerprint density at radius 2 is 1.85 bits per heavy atom. The monoisotopic (exact) mass is 356 g/mol. The number of aromatic nitrogens is 2. The molecule has 0 N–H and O–H groups in total. The number of ether oxygens (including phenoxy) is 1. The summed E-state index contributed by atoms with van der Waals surface area (Å²) in [6.45, 7) is 10.6. The molecule has 0 amide bonds. The predicted molar refractivity (Wildman–Crippen MR) is 106 cm³/mol. The number of aryl methyl sites for hydroxylation is 2. The van der Waals surface area contributed by atoms with Crippen molar-refractivity contribution in [2.45, 2.75) is 45.8 Å².